The molecular weight excluding hydrogens is 253 g/mol. The highest BCUT2D eigenvalue weighted by Crippen LogP contribution is 2.22. The van der Waals surface area contributed by atoms with E-state index in [0.717, 1.165) is 0 Å². The van der Waals surface area contributed by atoms with E-state index in [1.807, 2.05) is 4.90 Å². The molecule has 0 saturated carbocycles. The van der Waals surface area contributed by atoms with Crippen molar-refractivity contribution in [3.8, 4) is 0 Å². The van der Waals surface area contributed by atoms with Gasteiger partial charge in [-0.15, -0.1) is 0 Å². The summed E-state index contributed by atoms with van der Waals surface area (Å²) in [6.45, 7) is 2.40. The maximum Gasteiger partial charge on any atom is 0.332 e. The Morgan fingerprint density at radius 3 is 2.68 bits per heavy atom. The lowest BCUT2D eigenvalue weighted by atomic mass is 10.1. The van der Waals surface area contributed by atoms with Gasteiger partial charge >= 0.3 is 5.97 Å². The minimum absolute atomic E-state index is 0.102. The van der Waals surface area contributed by atoms with E-state index in [1.54, 1.807) is 12.1 Å². The third-order valence-corrected chi connectivity index (χ3v) is 3.08. The number of carbonyl (C=O) groups is 1. The number of nitrogens with zero attached hydrogens (tertiary/aromatic N) is 1. The Labute approximate surface area is 110 Å². The average molecular weight is 269 g/mol. The van der Waals surface area contributed by atoms with Crippen LogP contribution in [0.5, 0.6) is 0 Å². The molecule has 104 valence electrons. The van der Waals surface area contributed by atoms with Crippen LogP contribution in [0.4, 0.5) is 10.1 Å². The predicted octanol–water partition coefficient (Wildman–Crippen LogP) is 0.650. The topological polar surface area (TPSA) is 70.0 Å². The third kappa shape index (κ3) is 3.42. The van der Waals surface area contributed by atoms with Gasteiger partial charge in [-0.1, -0.05) is 6.07 Å². The maximum absolute atomic E-state index is 14.0. The Kier molecular flexibility index (Phi) is 4.34. The molecule has 1 aromatic carbocycles. The molecule has 1 heterocycles. The predicted molar refractivity (Wildman–Crippen MR) is 66.8 cm³/mol. The second-order valence-corrected chi connectivity index (χ2v) is 4.44. The molecule has 0 spiro atoms. The van der Waals surface area contributed by atoms with E-state index in [-0.39, 0.29) is 6.42 Å². The second kappa shape index (κ2) is 5.99. The normalized spacial score (nSPS) is 17.3. The first kappa shape index (κ1) is 13.8. The summed E-state index contributed by atoms with van der Waals surface area (Å²) in [6, 6.07) is 4.53. The zero-order chi connectivity index (χ0) is 13.8. The van der Waals surface area contributed by atoms with Crippen LogP contribution in [-0.4, -0.2) is 48.6 Å². The molecule has 1 saturated heterocycles. The van der Waals surface area contributed by atoms with Gasteiger partial charge in [0.15, 0.2) is 6.10 Å². The summed E-state index contributed by atoms with van der Waals surface area (Å²) in [5.41, 5.74) is 0.946. The van der Waals surface area contributed by atoms with Crippen LogP contribution in [0.3, 0.4) is 0 Å². The van der Waals surface area contributed by atoms with Crippen molar-refractivity contribution in [1.82, 2.24) is 0 Å². The van der Waals surface area contributed by atoms with Gasteiger partial charge in [-0.3, -0.25) is 0 Å². The maximum atomic E-state index is 14.0. The highest BCUT2D eigenvalue weighted by molar-refractivity contribution is 5.72. The van der Waals surface area contributed by atoms with Crippen LogP contribution < -0.4 is 4.90 Å². The van der Waals surface area contributed by atoms with Crippen molar-refractivity contribution >= 4 is 11.7 Å². The van der Waals surface area contributed by atoms with E-state index in [4.69, 9.17) is 9.84 Å². The Morgan fingerprint density at radius 2 is 2.11 bits per heavy atom. The largest absolute Gasteiger partial charge is 0.479 e. The summed E-state index contributed by atoms with van der Waals surface area (Å²) in [4.78, 5) is 12.4. The SMILES string of the molecule is O=C(O)[C@H](O)Cc1ccc(N2CCOCC2)c(F)c1. The summed E-state index contributed by atoms with van der Waals surface area (Å²) < 4.78 is 19.2. The van der Waals surface area contributed by atoms with Gasteiger partial charge in [0, 0.05) is 19.5 Å². The van der Waals surface area contributed by atoms with E-state index in [9.17, 15) is 14.3 Å². The molecule has 1 atom stereocenters. The molecule has 2 rings (SSSR count). The van der Waals surface area contributed by atoms with Crippen LogP contribution in [0.2, 0.25) is 0 Å². The first-order valence-corrected chi connectivity index (χ1v) is 6.10. The number of anilines is 1. The number of carboxylic acids is 1. The summed E-state index contributed by atoms with van der Waals surface area (Å²) in [5.74, 6) is -1.71. The summed E-state index contributed by atoms with van der Waals surface area (Å²) in [7, 11) is 0. The summed E-state index contributed by atoms with van der Waals surface area (Å²) >= 11 is 0. The molecule has 0 radical (unpaired) electrons. The highest BCUT2D eigenvalue weighted by atomic mass is 19.1. The van der Waals surface area contributed by atoms with Crippen molar-refractivity contribution in [3.05, 3.63) is 29.6 Å². The standard InChI is InChI=1S/C13H16FNO4/c14-10-7-9(8-12(16)13(17)18)1-2-11(10)15-3-5-19-6-4-15/h1-2,7,12,16H,3-6,8H2,(H,17,18)/t12-/m1/s1. The lowest BCUT2D eigenvalue weighted by molar-refractivity contribution is -0.146. The number of hydrogen-bond acceptors (Lipinski definition) is 4. The van der Waals surface area contributed by atoms with Crippen LogP contribution in [-0.2, 0) is 16.0 Å². The van der Waals surface area contributed by atoms with E-state index in [2.05, 4.69) is 0 Å². The van der Waals surface area contributed by atoms with Crippen molar-refractivity contribution in [3.63, 3.8) is 0 Å². The summed E-state index contributed by atoms with van der Waals surface area (Å²) in [6.07, 6.45) is -1.61. The minimum Gasteiger partial charge on any atom is -0.479 e. The minimum atomic E-state index is -1.51. The molecule has 0 bridgehead atoms. The van der Waals surface area contributed by atoms with Gasteiger partial charge in [0.2, 0.25) is 0 Å². The summed E-state index contributed by atoms with van der Waals surface area (Å²) in [5, 5.41) is 17.8. The zero-order valence-corrected chi connectivity index (χ0v) is 10.4. The van der Waals surface area contributed by atoms with Crippen LogP contribution in [0.25, 0.3) is 0 Å². The first-order chi connectivity index (χ1) is 9.08. The number of aliphatic hydroxyl groups is 1. The molecule has 1 aliphatic heterocycles. The number of hydrogen-bond donors (Lipinski definition) is 2. The fraction of sp³-hybridized carbons (Fsp3) is 0.462. The van der Waals surface area contributed by atoms with Crippen molar-refractivity contribution in [1.29, 1.82) is 0 Å². The number of rotatable bonds is 4. The lowest BCUT2D eigenvalue weighted by Gasteiger charge is -2.29. The number of aliphatic carboxylic acids is 1. The number of carboxylic acid groups (broad SMARTS) is 1. The Bertz CT molecular complexity index is 460. The molecule has 6 heteroatoms. The molecule has 1 fully saturated rings. The van der Waals surface area contributed by atoms with Gasteiger partial charge in [0.05, 0.1) is 18.9 Å². The molecule has 1 aromatic rings. The third-order valence-electron chi connectivity index (χ3n) is 3.08. The number of morpholine rings is 1. The molecule has 0 aliphatic carbocycles. The van der Waals surface area contributed by atoms with Crippen molar-refractivity contribution in [2.45, 2.75) is 12.5 Å². The molecular formula is C13H16FNO4. The lowest BCUT2D eigenvalue weighted by Crippen LogP contribution is -2.36. The van der Waals surface area contributed by atoms with Crippen molar-refractivity contribution < 1.29 is 24.1 Å². The molecule has 0 amide bonds. The highest BCUT2D eigenvalue weighted by Gasteiger charge is 2.18. The van der Waals surface area contributed by atoms with Gasteiger partial charge in [-0.05, 0) is 17.7 Å². The van der Waals surface area contributed by atoms with E-state index in [1.165, 1.54) is 6.07 Å². The second-order valence-electron chi connectivity index (χ2n) is 4.44. The fourth-order valence-corrected chi connectivity index (χ4v) is 2.05. The monoisotopic (exact) mass is 269 g/mol. The zero-order valence-electron chi connectivity index (χ0n) is 10.4. The average Bonchev–Trinajstić information content (AvgIpc) is 2.39. The molecule has 5 nitrogen and oxygen atoms in total. The van der Waals surface area contributed by atoms with E-state index in [0.29, 0.717) is 37.6 Å². The number of benzene rings is 1. The first-order valence-electron chi connectivity index (χ1n) is 6.10. The van der Waals surface area contributed by atoms with Crippen LogP contribution >= 0.6 is 0 Å². The smallest absolute Gasteiger partial charge is 0.332 e. The van der Waals surface area contributed by atoms with Gasteiger partial charge in [0.25, 0.3) is 0 Å². The van der Waals surface area contributed by atoms with E-state index < -0.39 is 17.9 Å². The Morgan fingerprint density at radius 1 is 1.42 bits per heavy atom. The van der Waals surface area contributed by atoms with Gasteiger partial charge in [0.1, 0.15) is 5.82 Å². The van der Waals surface area contributed by atoms with Gasteiger partial charge in [-0.2, -0.15) is 0 Å². The van der Waals surface area contributed by atoms with Crippen LogP contribution in [0.1, 0.15) is 5.56 Å². The number of ether oxygens (including phenoxy) is 1. The van der Waals surface area contributed by atoms with Crippen LogP contribution in [0, 0.1) is 5.82 Å². The quantitative estimate of drug-likeness (QED) is 0.840. The van der Waals surface area contributed by atoms with Gasteiger partial charge in [-0.25, -0.2) is 9.18 Å². The molecule has 1 aliphatic rings. The molecule has 0 unspecified atom stereocenters. The van der Waals surface area contributed by atoms with Gasteiger partial charge < -0.3 is 19.8 Å². The van der Waals surface area contributed by atoms with Crippen molar-refractivity contribution in [2.24, 2.45) is 0 Å². The molecule has 2 N–H and O–H groups in total. The number of halogens is 1. The Balaban J connectivity index is 2.10. The fourth-order valence-electron chi connectivity index (χ4n) is 2.05. The van der Waals surface area contributed by atoms with E-state index >= 15 is 0 Å². The number of aliphatic hydroxyl groups excluding tert-OH is 1. The van der Waals surface area contributed by atoms with Crippen molar-refractivity contribution in [2.75, 3.05) is 31.2 Å². The van der Waals surface area contributed by atoms with Crippen LogP contribution in [0.15, 0.2) is 18.2 Å². The molecule has 0 aromatic heterocycles. The Hall–Kier alpha value is -1.66. The molecule has 19 heavy (non-hydrogen) atoms.